The maximum absolute atomic E-state index is 12.5. The fraction of sp³-hybridized carbons (Fsp3) is 0.607. The average molecular weight is 437 g/mol. The molecule has 0 heterocycles. The quantitative estimate of drug-likeness (QED) is 0.493. The third-order valence-electron chi connectivity index (χ3n) is 9.98. The Morgan fingerprint density at radius 1 is 1.03 bits per heavy atom. The number of fused-ring (bicyclic) bond motifs is 7. The first-order chi connectivity index (χ1) is 14.9. The van der Waals surface area contributed by atoms with Crippen LogP contribution >= 0.6 is 0 Å². The summed E-state index contributed by atoms with van der Waals surface area (Å²) in [5, 5.41) is 32.1. The number of aliphatic hydroxyl groups is 3. The van der Waals surface area contributed by atoms with Gasteiger partial charge in [-0.05, 0) is 85.2 Å². The highest BCUT2D eigenvalue weighted by Gasteiger charge is 2.62. The Labute approximate surface area is 191 Å². The summed E-state index contributed by atoms with van der Waals surface area (Å²) in [5.41, 5.74) is 5.93. The monoisotopic (exact) mass is 436 g/mol. The molecule has 7 unspecified atom stereocenters. The van der Waals surface area contributed by atoms with E-state index in [-0.39, 0.29) is 39.6 Å². The third kappa shape index (κ3) is 2.48. The molecule has 0 aromatic heterocycles. The number of aliphatic hydroxyl groups excluding tert-OH is 3. The lowest BCUT2D eigenvalue weighted by Crippen LogP contribution is -2.61. The van der Waals surface area contributed by atoms with E-state index in [0.717, 1.165) is 36.8 Å². The van der Waals surface area contributed by atoms with Crippen LogP contribution in [0.5, 0.6) is 0 Å². The van der Waals surface area contributed by atoms with Gasteiger partial charge in [0.2, 0.25) is 5.78 Å². The van der Waals surface area contributed by atoms with Gasteiger partial charge >= 0.3 is 0 Å². The van der Waals surface area contributed by atoms with Crippen LogP contribution < -0.4 is 0 Å². The van der Waals surface area contributed by atoms with Crippen molar-refractivity contribution in [2.24, 2.45) is 28.1 Å². The van der Waals surface area contributed by atoms with E-state index in [1.54, 1.807) is 6.08 Å². The van der Waals surface area contributed by atoms with Gasteiger partial charge in [-0.15, -0.1) is 0 Å². The van der Waals surface area contributed by atoms with Crippen LogP contribution in [0.1, 0.15) is 67.2 Å². The minimum Gasteiger partial charge on any atom is -0.504 e. The number of rotatable bonds is 0. The van der Waals surface area contributed by atoms with Crippen molar-refractivity contribution in [3.05, 3.63) is 57.4 Å². The maximum Gasteiger partial charge on any atom is 0.220 e. The van der Waals surface area contributed by atoms with E-state index in [4.69, 9.17) is 0 Å². The lowest BCUT2D eigenvalue weighted by molar-refractivity contribution is -0.169. The van der Waals surface area contributed by atoms with E-state index in [2.05, 4.69) is 46.8 Å². The normalized spacial score (nSPS) is 45.9. The summed E-state index contributed by atoms with van der Waals surface area (Å²) in [6.45, 7) is 12.9. The number of hydrogen-bond donors (Lipinski definition) is 3. The van der Waals surface area contributed by atoms with E-state index in [1.807, 2.05) is 6.92 Å². The molecule has 5 aliphatic rings. The van der Waals surface area contributed by atoms with Crippen molar-refractivity contribution in [1.29, 1.82) is 0 Å². The molecule has 0 aromatic carbocycles. The van der Waals surface area contributed by atoms with E-state index in [0.29, 0.717) is 5.57 Å². The number of carbonyl (C=O) groups excluding carboxylic acids is 1. The number of allylic oxidation sites excluding steroid dienone is 9. The van der Waals surface area contributed by atoms with Crippen molar-refractivity contribution in [1.82, 2.24) is 0 Å². The lowest BCUT2D eigenvalue weighted by Gasteiger charge is -2.63. The van der Waals surface area contributed by atoms with Crippen LogP contribution in [0.2, 0.25) is 0 Å². The summed E-state index contributed by atoms with van der Waals surface area (Å²) in [7, 11) is 0. The number of carbonyl (C=O) groups is 1. The largest absolute Gasteiger partial charge is 0.504 e. The average Bonchev–Trinajstić information content (AvgIpc) is 2.73. The molecule has 5 rings (SSSR count). The lowest BCUT2D eigenvalue weighted by atomic mass is 9.41. The van der Waals surface area contributed by atoms with Crippen molar-refractivity contribution < 1.29 is 20.1 Å². The van der Waals surface area contributed by atoms with E-state index in [1.165, 1.54) is 16.7 Å². The Morgan fingerprint density at radius 3 is 2.41 bits per heavy atom. The van der Waals surface area contributed by atoms with Gasteiger partial charge in [0.05, 0.1) is 12.2 Å². The summed E-state index contributed by atoms with van der Waals surface area (Å²) in [6.07, 6.45) is 8.10. The van der Waals surface area contributed by atoms with Crippen molar-refractivity contribution in [2.45, 2.75) is 79.4 Å². The van der Waals surface area contributed by atoms with Crippen LogP contribution in [0.15, 0.2) is 57.4 Å². The third-order valence-corrected chi connectivity index (χ3v) is 9.98. The van der Waals surface area contributed by atoms with Gasteiger partial charge in [0.25, 0.3) is 0 Å². The second-order valence-corrected chi connectivity index (χ2v) is 11.8. The Kier molecular flexibility index (Phi) is 4.50. The van der Waals surface area contributed by atoms with Gasteiger partial charge < -0.3 is 15.3 Å². The minimum absolute atomic E-state index is 0.0640. The fourth-order valence-corrected chi connectivity index (χ4v) is 8.16. The molecule has 0 aliphatic heterocycles. The zero-order chi connectivity index (χ0) is 23.4. The molecule has 3 N–H and O–H groups in total. The molecule has 4 heteroatoms. The fourth-order valence-electron chi connectivity index (χ4n) is 8.16. The van der Waals surface area contributed by atoms with E-state index < -0.39 is 12.2 Å². The Hall–Kier alpha value is -1.91. The number of ketones is 1. The molecule has 0 bridgehead atoms. The van der Waals surface area contributed by atoms with Gasteiger partial charge in [-0.25, -0.2) is 0 Å². The van der Waals surface area contributed by atoms with E-state index >= 15 is 0 Å². The Bertz CT molecular complexity index is 1080. The highest BCUT2D eigenvalue weighted by atomic mass is 16.3. The van der Waals surface area contributed by atoms with Gasteiger partial charge in [-0.1, -0.05) is 45.4 Å². The molecule has 2 fully saturated rings. The Balaban J connectivity index is 1.70. The molecule has 2 saturated carbocycles. The molecule has 172 valence electrons. The highest BCUT2D eigenvalue weighted by molar-refractivity contribution is 6.06. The Morgan fingerprint density at radius 2 is 1.72 bits per heavy atom. The van der Waals surface area contributed by atoms with Crippen molar-refractivity contribution in [3.63, 3.8) is 0 Å². The summed E-state index contributed by atoms with van der Waals surface area (Å²) in [5.74, 6) is -0.0982. The first-order valence-electron chi connectivity index (χ1n) is 12.0. The van der Waals surface area contributed by atoms with Crippen LogP contribution in [0.4, 0.5) is 0 Å². The van der Waals surface area contributed by atoms with Gasteiger partial charge in [-0.2, -0.15) is 0 Å². The van der Waals surface area contributed by atoms with Gasteiger partial charge in [0, 0.05) is 16.4 Å². The zero-order valence-corrected chi connectivity index (χ0v) is 20.1. The summed E-state index contributed by atoms with van der Waals surface area (Å²) in [6, 6.07) is 0. The molecule has 4 nitrogen and oxygen atoms in total. The van der Waals surface area contributed by atoms with Gasteiger partial charge in [0.1, 0.15) is 0 Å². The molecular formula is C28H36O4. The molecular weight excluding hydrogens is 400 g/mol. The van der Waals surface area contributed by atoms with Crippen LogP contribution in [0.3, 0.4) is 0 Å². The smallest absolute Gasteiger partial charge is 0.220 e. The van der Waals surface area contributed by atoms with Gasteiger partial charge in [0.15, 0.2) is 5.76 Å². The van der Waals surface area contributed by atoms with Crippen molar-refractivity contribution in [2.75, 3.05) is 0 Å². The molecule has 5 aliphatic carbocycles. The highest BCUT2D eigenvalue weighted by Crippen LogP contribution is 2.69. The minimum atomic E-state index is -0.723. The molecule has 0 spiro atoms. The topological polar surface area (TPSA) is 77.8 Å². The molecule has 7 atom stereocenters. The predicted molar refractivity (Wildman–Crippen MR) is 125 cm³/mol. The zero-order valence-electron chi connectivity index (χ0n) is 20.1. The van der Waals surface area contributed by atoms with Gasteiger partial charge in [-0.3, -0.25) is 4.79 Å². The molecule has 0 saturated heterocycles. The second kappa shape index (κ2) is 6.57. The maximum atomic E-state index is 12.5. The van der Waals surface area contributed by atoms with Crippen molar-refractivity contribution >= 4 is 5.78 Å². The second-order valence-electron chi connectivity index (χ2n) is 11.8. The summed E-state index contributed by atoms with van der Waals surface area (Å²) < 4.78 is 0. The van der Waals surface area contributed by atoms with Crippen LogP contribution in [-0.2, 0) is 4.79 Å². The molecule has 0 aromatic rings. The standard InChI is InChI=1S/C28H36O4/c1-14-11-21-27(5)10-9-26(4)18(8-7-17-16(3)24(31)20(29)12-19(17)26)22(27)15(2)13-28(21,6)25(32)23(14)30/h7-8,12,14,21,23,25,30-32H,9-11,13H2,1-6H3. The molecule has 0 amide bonds. The van der Waals surface area contributed by atoms with Crippen molar-refractivity contribution in [3.8, 4) is 0 Å². The summed E-state index contributed by atoms with van der Waals surface area (Å²) in [4.78, 5) is 12.5. The predicted octanol–water partition coefficient (Wildman–Crippen LogP) is 5.10. The first kappa shape index (κ1) is 21.9. The number of hydrogen-bond acceptors (Lipinski definition) is 4. The summed E-state index contributed by atoms with van der Waals surface area (Å²) >= 11 is 0. The SMILES string of the molecule is CC1=C2C3=CC=C4C(=CC(=O)C(O)=C4C)C3(C)CCC2(C)C2CC(C)C(O)C(O)C2(C)C1. The van der Waals surface area contributed by atoms with Crippen LogP contribution in [-0.4, -0.2) is 33.3 Å². The first-order valence-corrected chi connectivity index (χ1v) is 12.0. The molecule has 32 heavy (non-hydrogen) atoms. The van der Waals surface area contributed by atoms with E-state index in [9.17, 15) is 20.1 Å². The van der Waals surface area contributed by atoms with Crippen LogP contribution in [0.25, 0.3) is 0 Å². The molecule has 0 radical (unpaired) electrons. The van der Waals surface area contributed by atoms with Crippen LogP contribution in [0, 0.1) is 28.1 Å².